The molecule has 0 atom stereocenters. The Hall–Kier alpha value is -1.84. The van der Waals surface area contributed by atoms with Gasteiger partial charge in [0.2, 0.25) is 11.8 Å². The average molecular weight is 372 g/mol. The van der Waals surface area contributed by atoms with Crippen LogP contribution < -0.4 is 16.2 Å². The van der Waals surface area contributed by atoms with Gasteiger partial charge in [0, 0.05) is 17.1 Å². The van der Waals surface area contributed by atoms with Crippen LogP contribution in [0.5, 0.6) is 0 Å². The largest absolute Gasteiger partial charge is 0.411 e. The maximum absolute atomic E-state index is 11.7. The first-order valence-electron chi connectivity index (χ1n) is 6.63. The van der Waals surface area contributed by atoms with Crippen LogP contribution in [0.2, 0.25) is 5.02 Å². The maximum atomic E-state index is 11.7. The monoisotopic (exact) mass is 371 g/mol. The molecule has 0 radical (unpaired) electrons. The quantitative estimate of drug-likeness (QED) is 0.417. The minimum Gasteiger partial charge on any atom is -0.411 e. The van der Waals surface area contributed by atoms with Gasteiger partial charge in [-0.25, -0.2) is 0 Å². The van der Waals surface area contributed by atoms with E-state index in [0.29, 0.717) is 27.8 Å². The summed E-state index contributed by atoms with van der Waals surface area (Å²) in [6, 6.07) is 7.03. The molecule has 3 N–H and O–H groups in total. The number of carbonyl (C=O) groups excluding carboxylic acids is 1. The Balaban J connectivity index is 1.81. The van der Waals surface area contributed by atoms with Gasteiger partial charge < -0.3 is 9.73 Å². The zero-order chi connectivity index (χ0) is 16.7. The molecule has 0 bridgehead atoms. The predicted molar refractivity (Wildman–Crippen MR) is 93.0 cm³/mol. The molecule has 0 fully saturated rings. The second-order valence-electron chi connectivity index (χ2n) is 4.20. The molecule has 122 valence electrons. The first-order chi connectivity index (χ1) is 11.1. The summed E-state index contributed by atoms with van der Waals surface area (Å²) >= 11 is 11.9. The number of halogens is 1. The van der Waals surface area contributed by atoms with Crippen molar-refractivity contribution in [3.8, 4) is 11.5 Å². The van der Waals surface area contributed by atoms with Gasteiger partial charge in [-0.1, -0.05) is 23.4 Å². The number of hydrogen-bond acceptors (Lipinski definition) is 6. The fraction of sp³-hybridized carbons (Fsp3) is 0.231. The Bertz CT molecular complexity index is 677. The van der Waals surface area contributed by atoms with Crippen molar-refractivity contribution in [1.29, 1.82) is 0 Å². The molecule has 0 unspecified atom stereocenters. The number of benzene rings is 1. The van der Waals surface area contributed by atoms with Crippen LogP contribution >= 0.6 is 35.6 Å². The number of thiocarbonyl (C=S) groups is 1. The lowest BCUT2D eigenvalue weighted by atomic mass is 10.2. The standard InChI is InChI=1S/C13H14ClN5O2S2/c1-2-15-12(22)18-16-10(20)7-23-13-19-17-11(21-13)8-3-5-9(14)6-4-8/h3-6H,2,7H2,1H3,(H,16,20)(H2,15,18,22). The summed E-state index contributed by atoms with van der Waals surface area (Å²) in [4.78, 5) is 11.7. The lowest BCUT2D eigenvalue weighted by Gasteiger charge is -2.09. The summed E-state index contributed by atoms with van der Waals surface area (Å²) in [5.41, 5.74) is 5.81. The zero-order valence-corrected chi connectivity index (χ0v) is 14.5. The third-order valence-electron chi connectivity index (χ3n) is 2.48. The van der Waals surface area contributed by atoms with Gasteiger partial charge in [-0.2, -0.15) is 0 Å². The Kier molecular flexibility index (Phi) is 6.63. The number of nitrogens with one attached hydrogen (secondary N) is 3. The number of rotatable bonds is 5. The van der Waals surface area contributed by atoms with Crippen LogP contribution in [0.15, 0.2) is 33.9 Å². The van der Waals surface area contributed by atoms with Gasteiger partial charge in [0.15, 0.2) is 5.11 Å². The smallest absolute Gasteiger partial charge is 0.277 e. The maximum Gasteiger partial charge on any atom is 0.277 e. The molecular weight excluding hydrogens is 358 g/mol. The first-order valence-corrected chi connectivity index (χ1v) is 8.40. The van der Waals surface area contributed by atoms with E-state index < -0.39 is 0 Å². The third-order valence-corrected chi connectivity index (χ3v) is 3.79. The van der Waals surface area contributed by atoms with E-state index >= 15 is 0 Å². The minimum atomic E-state index is -0.263. The lowest BCUT2D eigenvalue weighted by Crippen LogP contribution is -2.47. The van der Waals surface area contributed by atoms with E-state index in [1.807, 2.05) is 6.92 Å². The van der Waals surface area contributed by atoms with Crippen LogP contribution in [0.1, 0.15) is 6.92 Å². The highest BCUT2D eigenvalue weighted by Gasteiger charge is 2.11. The SMILES string of the molecule is CCNC(=S)NNC(=O)CSc1nnc(-c2ccc(Cl)cc2)o1. The van der Waals surface area contributed by atoms with Gasteiger partial charge in [-0.05, 0) is 43.4 Å². The number of nitrogens with zero attached hydrogens (tertiary/aromatic N) is 2. The molecular formula is C13H14ClN5O2S2. The van der Waals surface area contributed by atoms with E-state index in [1.54, 1.807) is 24.3 Å². The van der Waals surface area contributed by atoms with E-state index in [4.69, 9.17) is 28.2 Å². The Morgan fingerprint density at radius 1 is 1.30 bits per heavy atom. The van der Waals surface area contributed by atoms with E-state index in [2.05, 4.69) is 26.4 Å². The van der Waals surface area contributed by atoms with Crippen LogP contribution in [0.25, 0.3) is 11.5 Å². The van der Waals surface area contributed by atoms with Gasteiger partial charge >= 0.3 is 0 Å². The molecule has 2 aromatic rings. The Labute approximate surface area is 147 Å². The molecule has 1 amide bonds. The fourth-order valence-electron chi connectivity index (χ4n) is 1.47. The highest BCUT2D eigenvalue weighted by atomic mass is 35.5. The molecule has 23 heavy (non-hydrogen) atoms. The highest BCUT2D eigenvalue weighted by molar-refractivity contribution is 7.99. The molecule has 2 rings (SSSR count). The van der Waals surface area contributed by atoms with Crippen LogP contribution in [0.4, 0.5) is 0 Å². The van der Waals surface area contributed by atoms with E-state index in [0.717, 1.165) is 17.3 Å². The molecule has 7 nitrogen and oxygen atoms in total. The van der Waals surface area contributed by atoms with Crippen molar-refractivity contribution in [2.45, 2.75) is 12.1 Å². The summed E-state index contributed by atoms with van der Waals surface area (Å²) in [7, 11) is 0. The number of amides is 1. The molecule has 0 saturated carbocycles. The average Bonchev–Trinajstić information content (AvgIpc) is 3.01. The van der Waals surface area contributed by atoms with Crippen LogP contribution in [-0.4, -0.2) is 33.5 Å². The number of hydrazine groups is 1. The molecule has 0 aliphatic rings. The van der Waals surface area contributed by atoms with Crippen LogP contribution in [-0.2, 0) is 4.79 Å². The number of carbonyl (C=O) groups is 1. The first kappa shape index (κ1) is 17.5. The predicted octanol–water partition coefficient (Wildman–Crippen LogP) is 2.00. The second-order valence-corrected chi connectivity index (χ2v) is 5.97. The van der Waals surface area contributed by atoms with E-state index in [9.17, 15) is 4.79 Å². The molecule has 10 heteroatoms. The van der Waals surface area contributed by atoms with Gasteiger partial charge in [0.25, 0.3) is 5.22 Å². The summed E-state index contributed by atoms with van der Waals surface area (Å²) in [5, 5.41) is 12.0. The van der Waals surface area contributed by atoms with Crippen molar-refractivity contribution in [3.05, 3.63) is 29.3 Å². The van der Waals surface area contributed by atoms with Crippen LogP contribution in [0, 0.1) is 0 Å². The van der Waals surface area contributed by atoms with Gasteiger partial charge in [-0.3, -0.25) is 15.6 Å². The minimum absolute atomic E-state index is 0.115. The summed E-state index contributed by atoms with van der Waals surface area (Å²) in [5.74, 6) is 0.224. The van der Waals surface area contributed by atoms with Crippen molar-refractivity contribution in [2.75, 3.05) is 12.3 Å². The molecule has 0 saturated heterocycles. The number of hydrogen-bond donors (Lipinski definition) is 3. The topological polar surface area (TPSA) is 92.1 Å². The number of aromatic nitrogens is 2. The molecule has 1 heterocycles. The third kappa shape index (κ3) is 5.70. The molecule has 1 aromatic carbocycles. The molecule has 1 aromatic heterocycles. The fourth-order valence-corrected chi connectivity index (χ4v) is 2.36. The van der Waals surface area contributed by atoms with Crippen LogP contribution in [0.3, 0.4) is 0 Å². The van der Waals surface area contributed by atoms with Gasteiger partial charge in [0.1, 0.15) is 0 Å². The van der Waals surface area contributed by atoms with E-state index in [-0.39, 0.29) is 11.7 Å². The molecule has 0 aliphatic carbocycles. The molecule has 0 spiro atoms. The Morgan fingerprint density at radius 2 is 2.04 bits per heavy atom. The summed E-state index contributed by atoms with van der Waals surface area (Å²) in [6.07, 6.45) is 0. The summed E-state index contributed by atoms with van der Waals surface area (Å²) < 4.78 is 5.48. The van der Waals surface area contributed by atoms with Crippen molar-refractivity contribution >= 4 is 46.6 Å². The zero-order valence-electron chi connectivity index (χ0n) is 12.1. The van der Waals surface area contributed by atoms with Gasteiger partial charge in [-0.15, -0.1) is 10.2 Å². The highest BCUT2D eigenvalue weighted by Crippen LogP contribution is 2.24. The summed E-state index contributed by atoms with van der Waals surface area (Å²) in [6.45, 7) is 2.57. The van der Waals surface area contributed by atoms with Crippen molar-refractivity contribution in [1.82, 2.24) is 26.4 Å². The van der Waals surface area contributed by atoms with Crippen molar-refractivity contribution in [2.24, 2.45) is 0 Å². The van der Waals surface area contributed by atoms with Gasteiger partial charge in [0.05, 0.1) is 5.75 Å². The Morgan fingerprint density at radius 3 is 2.74 bits per heavy atom. The second kappa shape index (κ2) is 8.70. The van der Waals surface area contributed by atoms with Crippen molar-refractivity contribution in [3.63, 3.8) is 0 Å². The molecule has 0 aliphatic heterocycles. The normalized spacial score (nSPS) is 10.2. The lowest BCUT2D eigenvalue weighted by molar-refractivity contribution is -0.119. The number of thioether (sulfide) groups is 1. The van der Waals surface area contributed by atoms with E-state index in [1.165, 1.54) is 0 Å². The van der Waals surface area contributed by atoms with Crippen molar-refractivity contribution < 1.29 is 9.21 Å².